The summed E-state index contributed by atoms with van der Waals surface area (Å²) in [6, 6.07) is 28.9. The molecule has 302 valence electrons. The van der Waals surface area contributed by atoms with Gasteiger partial charge in [0, 0.05) is 35.9 Å². The van der Waals surface area contributed by atoms with Gasteiger partial charge in [-0.25, -0.2) is 0 Å². The van der Waals surface area contributed by atoms with Crippen LogP contribution in [0.2, 0.25) is 0 Å². The number of anilines is 1. The van der Waals surface area contributed by atoms with Gasteiger partial charge in [0.15, 0.2) is 0 Å². The van der Waals surface area contributed by atoms with Crippen molar-refractivity contribution in [1.29, 1.82) is 0 Å². The van der Waals surface area contributed by atoms with Crippen LogP contribution in [-0.2, 0) is 46.6 Å². The summed E-state index contributed by atoms with van der Waals surface area (Å²) in [5.74, 6) is -2.11. The summed E-state index contributed by atoms with van der Waals surface area (Å²) in [5, 5.41) is 27.3. The SMILES string of the molecule is O=C([O-])[C@@H](N=C(c1ccccc1)c1ccccc1N=C([O-])[C@@H]1CCCN1Cc1ccccc1)[C@@H]1c2ccccc2CCN1c1cc(C(F)(F)F)cc(C(F)(F)F)c1.[Ni+2]. The van der Waals surface area contributed by atoms with E-state index in [1.54, 1.807) is 78.9 Å². The van der Waals surface area contributed by atoms with Gasteiger partial charge in [-0.15, -0.1) is 0 Å². The maximum Gasteiger partial charge on any atom is 2.00 e. The van der Waals surface area contributed by atoms with Gasteiger partial charge in [-0.2, -0.15) is 26.3 Å². The first-order chi connectivity index (χ1) is 27.3. The number of nitrogens with zero attached hydrogens (tertiary/aromatic N) is 4. The minimum atomic E-state index is -5.13. The number of carboxylic acids is 1. The quantitative estimate of drug-likeness (QED) is 0.0628. The zero-order valence-corrected chi connectivity index (χ0v) is 31.7. The molecule has 7 nitrogen and oxygen atoms in total. The summed E-state index contributed by atoms with van der Waals surface area (Å²) in [6.45, 7) is 1.12. The predicted octanol–water partition coefficient (Wildman–Crippen LogP) is 7.54. The van der Waals surface area contributed by atoms with Gasteiger partial charge < -0.3 is 19.9 Å². The number of carbonyl (C=O) groups excluding carboxylic acids is 1. The minimum Gasteiger partial charge on any atom is -0.861 e. The molecule has 0 aliphatic carbocycles. The van der Waals surface area contributed by atoms with Crippen LogP contribution in [0.1, 0.15) is 57.8 Å². The summed E-state index contributed by atoms with van der Waals surface area (Å²) in [5.41, 5.74) is -0.463. The summed E-state index contributed by atoms with van der Waals surface area (Å²) in [7, 11) is 0. The van der Waals surface area contributed by atoms with Crippen molar-refractivity contribution in [3.63, 3.8) is 0 Å². The van der Waals surface area contributed by atoms with Crippen molar-refractivity contribution in [3.8, 4) is 0 Å². The fourth-order valence-corrected chi connectivity index (χ4v) is 7.70. The molecule has 0 aromatic heterocycles. The average Bonchev–Trinajstić information content (AvgIpc) is 3.66. The second-order valence-corrected chi connectivity index (χ2v) is 14.0. The van der Waals surface area contributed by atoms with Crippen LogP contribution in [0.25, 0.3) is 0 Å². The average molecular weight is 841 g/mol. The Labute approximate surface area is 341 Å². The second-order valence-electron chi connectivity index (χ2n) is 14.0. The van der Waals surface area contributed by atoms with E-state index in [0.717, 1.165) is 12.0 Å². The molecular weight excluding hydrogens is 805 g/mol. The number of aliphatic imine (C=N–C) groups is 2. The molecule has 0 N–H and O–H groups in total. The molecule has 1 saturated heterocycles. The number of carbonyl (C=O) groups is 1. The summed E-state index contributed by atoms with van der Waals surface area (Å²) >= 11 is 0. The predicted molar refractivity (Wildman–Crippen MR) is 201 cm³/mol. The molecule has 14 heteroatoms. The van der Waals surface area contributed by atoms with Gasteiger partial charge in [-0.3, -0.25) is 14.9 Å². The fraction of sp³-hybridized carbons (Fsp3) is 0.250. The van der Waals surface area contributed by atoms with Gasteiger partial charge in [0.1, 0.15) is 6.04 Å². The van der Waals surface area contributed by atoms with Crippen LogP contribution in [0.4, 0.5) is 37.7 Å². The molecule has 0 radical (unpaired) electrons. The van der Waals surface area contributed by atoms with Crippen LogP contribution in [0.15, 0.2) is 137 Å². The van der Waals surface area contributed by atoms with E-state index in [4.69, 9.17) is 4.99 Å². The number of hydrogen-bond acceptors (Lipinski definition) is 7. The Balaban J connectivity index is 0.00000567. The molecule has 0 amide bonds. The zero-order chi connectivity index (χ0) is 40.3. The Morgan fingerprint density at radius 1 is 0.759 bits per heavy atom. The summed E-state index contributed by atoms with van der Waals surface area (Å²) in [4.78, 5) is 26.0. The van der Waals surface area contributed by atoms with Crippen LogP contribution in [0.5, 0.6) is 0 Å². The Morgan fingerprint density at radius 2 is 1.36 bits per heavy atom. The van der Waals surface area contributed by atoms with Crippen LogP contribution in [0, 0.1) is 0 Å². The molecule has 0 spiro atoms. The maximum atomic E-state index is 14.1. The van der Waals surface area contributed by atoms with Crippen LogP contribution in [0.3, 0.4) is 0 Å². The van der Waals surface area contributed by atoms with Crippen LogP contribution in [-0.4, -0.2) is 47.7 Å². The molecule has 2 aliphatic rings. The minimum absolute atomic E-state index is 0. The number of fused-ring (bicyclic) bond motifs is 1. The first kappa shape index (κ1) is 42.2. The molecule has 0 unspecified atom stereocenters. The van der Waals surface area contributed by atoms with Crippen molar-refractivity contribution in [3.05, 3.63) is 166 Å². The number of alkyl halides is 6. The first-order valence-corrected chi connectivity index (χ1v) is 18.4. The van der Waals surface area contributed by atoms with Crippen molar-refractivity contribution in [2.24, 2.45) is 9.98 Å². The molecule has 7 rings (SSSR count). The van der Waals surface area contributed by atoms with Gasteiger partial charge in [0.25, 0.3) is 0 Å². The Hall–Kier alpha value is -5.46. The first-order valence-electron chi connectivity index (χ1n) is 18.4. The van der Waals surface area contributed by atoms with E-state index in [2.05, 4.69) is 9.89 Å². The molecule has 3 atom stereocenters. The topological polar surface area (TPSA) is 94.4 Å². The number of hydrogen-bond donors (Lipinski definition) is 0. The van der Waals surface area contributed by atoms with Gasteiger partial charge >= 0.3 is 28.8 Å². The number of carboxylic acid groups (broad SMARTS) is 1. The summed E-state index contributed by atoms with van der Waals surface area (Å²) < 4.78 is 84.4. The molecule has 58 heavy (non-hydrogen) atoms. The molecule has 2 aliphatic heterocycles. The fourth-order valence-electron chi connectivity index (χ4n) is 7.70. The van der Waals surface area contributed by atoms with Crippen molar-refractivity contribution >= 4 is 29.0 Å². The Kier molecular flexibility index (Phi) is 12.8. The second kappa shape index (κ2) is 17.6. The zero-order valence-electron chi connectivity index (χ0n) is 30.7. The molecule has 5 aromatic rings. The smallest absolute Gasteiger partial charge is 0.861 e. The number of likely N-dealkylation sites (tertiary alicyclic amines) is 1. The molecule has 1 fully saturated rings. The normalized spacial score (nSPS) is 18.3. The van der Waals surface area contributed by atoms with Crippen molar-refractivity contribution in [2.75, 3.05) is 18.0 Å². The molecule has 0 bridgehead atoms. The van der Waals surface area contributed by atoms with E-state index in [1.807, 2.05) is 30.3 Å². The monoisotopic (exact) mass is 840 g/mol. The van der Waals surface area contributed by atoms with Crippen LogP contribution >= 0.6 is 0 Å². The number of aliphatic carboxylic acids is 1. The van der Waals surface area contributed by atoms with E-state index in [9.17, 15) is 41.4 Å². The van der Waals surface area contributed by atoms with E-state index >= 15 is 0 Å². The largest absolute Gasteiger partial charge is 2.00 e. The van der Waals surface area contributed by atoms with E-state index in [1.165, 1.54) is 4.90 Å². The third kappa shape index (κ3) is 9.29. The van der Waals surface area contributed by atoms with E-state index in [0.29, 0.717) is 53.9 Å². The van der Waals surface area contributed by atoms with Gasteiger partial charge in [-0.1, -0.05) is 103 Å². The van der Waals surface area contributed by atoms with Crippen molar-refractivity contribution in [2.45, 2.75) is 56.3 Å². The van der Waals surface area contributed by atoms with Gasteiger partial charge in [-0.05, 0) is 72.7 Å². The maximum absolute atomic E-state index is 14.1. The summed E-state index contributed by atoms with van der Waals surface area (Å²) in [6.07, 6.45) is -8.68. The van der Waals surface area contributed by atoms with E-state index in [-0.39, 0.29) is 46.9 Å². The van der Waals surface area contributed by atoms with Crippen LogP contribution < -0.4 is 15.1 Å². The molecule has 5 aromatic carbocycles. The van der Waals surface area contributed by atoms with Gasteiger partial charge in [0.05, 0.1) is 34.5 Å². The van der Waals surface area contributed by atoms with Gasteiger partial charge in [0.2, 0.25) is 0 Å². The number of para-hydroxylation sites is 1. The molecular formula is C44H36F6N4NiO3. The molecule has 2 heterocycles. The number of rotatable bonds is 10. The number of halogens is 6. The Bertz CT molecular complexity index is 2250. The van der Waals surface area contributed by atoms with Crippen molar-refractivity contribution in [1.82, 2.24) is 4.90 Å². The number of benzene rings is 5. The van der Waals surface area contributed by atoms with E-state index < -0.39 is 59.2 Å². The third-order valence-corrected chi connectivity index (χ3v) is 10.4. The van der Waals surface area contributed by atoms with Crippen molar-refractivity contribution < 1.29 is 57.8 Å². The Morgan fingerprint density at radius 3 is 2.02 bits per heavy atom. The third-order valence-electron chi connectivity index (χ3n) is 10.4. The molecule has 0 saturated carbocycles. The standard InChI is InChI=1S/C44H38F6N4O3.Ni/c45-43(46,47)31-24-32(44(48,49)50)26-33(25-31)54-23-21-29-14-7-8-17-34(29)40(54)39(42(56)57)52-38(30-15-5-2-6-16-30)35-18-9-10-19-36(35)51-41(55)37-20-11-22-53(37)27-28-12-3-1-4-13-28;/h1-10,12-19,24-26,37,39-40H,11,20-23,27H2,(H,51,55)(H,56,57);/q;+2/p-2/t37-,39-,40-;/m0./s1.